The predicted octanol–water partition coefficient (Wildman–Crippen LogP) is 2.80. The average molecular weight is 155 g/mol. The van der Waals surface area contributed by atoms with Crippen molar-refractivity contribution >= 4 is 11.6 Å². The molecule has 0 heterocycles. The second-order valence-electron chi connectivity index (χ2n) is 2.47. The standard InChI is InChI=1S/C6H9ClF2/c7-5-3-1-2-4-6(5,8)9/h5H,1-4H2. The van der Waals surface area contributed by atoms with Crippen LogP contribution in [0.1, 0.15) is 25.7 Å². The molecule has 1 rings (SSSR count). The first kappa shape index (κ1) is 7.26. The van der Waals surface area contributed by atoms with Gasteiger partial charge in [-0.3, -0.25) is 0 Å². The molecule has 0 nitrogen and oxygen atoms in total. The summed E-state index contributed by atoms with van der Waals surface area (Å²) in [6.45, 7) is 0. The second-order valence-corrected chi connectivity index (χ2v) is 3.00. The fourth-order valence-corrected chi connectivity index (χ4v) is 1.32. The van der Waals surface area contributed by atoms with Crippen LogP contribution in [-0.4, -0.2) is 11.3 Å². The zero-order chi connectivity index (χ0) is 6.91. The summed E-state index contributed by atoms with van der Waals surface area (Å²) in [5.41, 5.74) is 0. The van der Waals surface area contributed by atoms with E-state index in [0.717, 1.165) is 6.42 Å². The highest BCUT2D eigenvalue weighted by Crippen LogP contribution is 2.36. The van der Waals surface area contributed by atoms with E-state index >= 15 is 0 Å². The topological polar surface area (TPSA) is 0 Å². The SMILES string of the molecule is FC1(F)CCCCC1Cl. The Bertz CT molecular complexity index is 103. The average Bonchev–Trinajstić information content (AvgIpc) is 1.77. The van der Waals surface area contributed by atoms with Crippen molar-refractivity contribution in [2.75, 3.05) is 0 Å². The third kappa shape index (κ3) is 1.54. The molecule has 0 N–H and O–H groups in total. The normalized spacial score (nSPS) is 34.3. The largest absolute Gasteiger partial charge is 0.264 e. The minimum absolute atomic E-state index is 0.0266. The maximum Gasteiger partial charge on any atom is 0.264 e. The molecule has 54 valence electrons. The summed E-state index contributed by atoms with van der Waals surface area (Å²) in [5, 5.41) is -0.911. The van der Waals surface area contributed by atoms with Crippen molar-refractivity contribution in [1.82, 2.24) is 0 Å². The molecular weight excluding hydrogens is 146 g/mol. The van der Waals surface area contributed by atoms with Gasteiger partial charge in [-0.15, -0.1) is 11.6 Å². The first-order chi connectivity index (χ1) is 4.13. The second kappa shape index (κ2) is 2.41. The number of rotatable bonds is 0. The van der Waals surface area contributed by atoms with Gasteiger partial charge in [0.05, 0.1) is 5.38 Å². The van der Waals surface area contributed by atoms with Gasteiger partial charge in [0.2, 0.25) is 0 Å². The molecule has 0 amide bonds. The Labute approximate surface area is 58.2 Å². The van der Waals surface area contributed by atoms with E-state index in [1.807, 2.05) is 0 Å². The van der Waals surface area contributed by atoms with E-state index in [9.17, 15) is 8.78 Å². The van der Waals surface area contributed by atoms with Crippen LogP contribution in [-0.2, 0) is 0 Å². The summed E-state index contributed by atoms with van der Waals surface area (Å²) >= 11 is 5.36. The molecule has 0 aromatic rings. The fourth-order valence-electron chi connectivity index (χ4n) is 1.05. The Hall–Kier alpha value is 0.150. The van der Waals surface area contributed by atoms with Crippen molar-refractivity contribution in [3.05, 3.63) is 0 Å². The highest BCUT2D eigenvalue weighted by molar-refractivity contribution is 6.21. The minimum Gasteiger partial charge on any atom is -0.205 e. The van der Waals surface area contributed by atoms with Gasteiger partial charge < -0.3 is 0 Å². The highest BCUT2D eigenvalue weighted by atomic mass is 35.5. The van der Waals surface area contributed by atoms with Crippen molar-refractivity contribution in [1.29, 1.82) is 0 Å². The Kier molecular flexibility index (Phi) is 1.94. The molecule has 1 aliphatic carbocycles. The number of hydrogen-bond acceptors (Lipinski definition) is 0. The van der Waals surface area contributed by atoms with Gasteiger partial charge >= 0.3 is 0 Å². The Morgan fingerprint density at radius 3 is 2.33 bits per heavy atom. The van der Waals surface area contributed by atoms with Crippen LogP contribution in [0.25, 0.3) is 0 Å². The molecule has 0 saturated heterocycles. The van der Waals surface area contributed by atoms with Crippen molar-refractivity contribution in [3.8, 4) is 0 Å². The van der Waals surface area contributed by atoms with E-state index in [1.165, 1.54) is 0 Å². The Morgan fingerprint density at radius 1 is 1.33 bits per heavy atom. The van der Waals surface area contributed by atoms with Gasteiger partial charge in [-0.05, 0) is 12.8 Å². The van der Waals surface area contributed by atoms with Crippen LogP contribution >= 0.6 is 11.6 Å². The molecular formula is C6H9ClF2. The molecule has 9 heavy (non-hydrogen) atoms. The molecule has 1 aliphatic rings. The smallest absolute Gasteiger partial charge is 0.205 e. The van der Waals surface area contributed by atoms with Gasteiger partial charge in [0.15, 0.2) is 0 Å². The van der Waals surface area contributed by atoms with Crippen molar-refractivity contribution in [2.45, 2.75) is 37.0 Å². The van der Waals surface area contributed by atoms with Crippen molar-refractivity contribution < 1.29 is 8.78 Å². The van der Waals surface area contributed by atoms with E-state index in [1.54, 1.807) is 0 Å². The predicted molar refractivity (Wildman–Crippen MR) is 33.1 cm³/mol. The van der Waals surface area contributed by atoms with E-state index in [-0.39, 0.29) is 6.42 Å². The van der Waals surface area contributed by atoms with Crippen LogP contribution in [0.2, 0.25) is 0 Å². The lowest BCUT2D eigenvalue weighted by Gasteiger charge is -2.26. The van der Waals surface area contributed by atoms with Crippen LogP contribution in [0, 0.1) is 0 Å². The number of hydrogen-bond donors (Lipinski definition) is 0. The third-order valence-corrected chi connectivity index (χ3v) is 2.21. The molecule has 0 spiro atoms. The zero-order valence-electron chi connectivity index (χ0n) is 5.04. The molecule has 1 fully saturated rings. The lowest BCUT2D eigenvalue weighted by atomic mass is 9.96. The van der Waals surface area contributed by atoms with Gasteiger partial charge in [0.1, 0.15) is 0 Å². The summed E-state index contributed by atoms with van der Waals surface area (Å²) in [4.78, 5) is 0. The van der Waals surface area contributed by atoms with Gasteiger partial charge in [0, 0.05) is 6.42 Å². The van der Waals surface area contributed by atoms with E-state index in [4.69, 9.17) is 11.6 Å². The van der Waals surface area contributed by atoms with Crippen LogP contribution in [0.3, 0.4) is 0 Å². The first-order valence-corrected chi connectivity index (χ1v) is 3.58. The maximum atomic E-state index is 12.5. The quantitative estimate of drug-likeness (QED) is 0.471. The third-order valence-electron chi connectivity index (χ3n) is 1.68. The van der Waals surface area contributed by atoms with E-state index in [2.05, 4.69) is 0 Å². The molecule has 0 bridgehead atoms. The van der Waals surface area contributed by atoms with Gasteiger partial charge in [-0.1, -0.05) is 6.42 Å². The van der Waals surface area contributed by atoms with Crippen LogP contribution in [0.5, 0.6) is 0 Å². The minimum atomic E-state index is -2.60. The zero-order valence-corrected chi connectivity index (χ0v) is 5.80. The summed E-state index contributed by atoms with van der Waals surface area (Å²) < 4.78 is 24.9. The molecule has 0 aromatic carbocycles. The molecule has 1 saturated carbocycles. The lowest BCUT2D eigenvalue weighted by molar-refractivity contribution is -0.0293. The van der Waals surface area contributed by atoms with E-state index in [0.29, 0.717) is 12.8 Å². The molecule has 1 atom stereocenters. The molecule has 3 heteroatoms. The van der Waals surface area contributed by atoms with Gasteiger partial charge in [-0.25, -0.2) is 8.78 Å². The molecule has 1 unspecified atom stereocenters. The lowest BCUT2D eigenvalue weighted by Crippen LogP contribution is -2.32. The van der Waals surface area contributed by atoms with Crippen LogP contribution in [0.4, 0.5) is 8.78 Å². The monoisotopic (exact) mass is 154 g/mol. The summed E-state index contributed by atoms with van der Waals surface area (Å²) in [5.74, 6) is -2.60. The van der Waals surface area contributed by atoms with Crippen LogP contribution < -0.4 is 0 Å². The number of halogens is 3. The molecule has 0 aromatic heterocycles. The summed E-state index contributed by atoms with van der Waals surface area (Å²) in [7, 11) is 0. The first-order valence-electron chi connectivity index (χ1n) is 3.15. The number of alkyl halides is 3. The Balaban J connectivity index is 2.49. The fraction of sp³-hybridized carbons (Fsp3) is 1.00. The van der Waals surface area contributed by atoms with Crippen LogP contribution in [0.15, 0.2) is 0 Å². The molecule has 0 radical (unpaired) electrons. The molecule has 0 aliphatic heterocycles. The highest BCUT2D eigenvalue weighted by Gasteiger charge is 2.39. The summed E-state index contributed by atoms with van der Waals surface area (Å²) in [6, 6.07) is 0. The van der Waals surface area contributed by atoms with Gasteiger partial charge in [0.25, 0.3) is 5.92 Å². The van der Waals surface area contributed by atoms with Gasteiger partial charge in [-0.2, -0.15) is 0 Å². The van der Waals surface area contributed by atoms with E-state index < -0.39 is 11.3 Å². The Morgan fingerprint density at radius 2 is 2.00 bits per heavy atom. The maximum absolute atomic E-state index is 12.5. The summed E-state index contributed by atoms with van der Waals surface area (Å²) in [6.07, 6.45) is 1.91. The van der Waals surface area contributed by atoms with Crippen molar-refractivity contribution in [2.24, 2.45) is 0 Å². The van der Waals surface area contributed by atoms with Crippen molar-refractivity contribution in [3.63, 3.8) is 0 Å².